The van der Waals surface area contributed by atoms with E-state index in [1.807, 2.05) is 18.3 Å². The number of carbonyl (C=O) groups is 3. The molecule has 194 valence electrons. The minimum Gasteiger partial charge on any atom is -0.347 e. The number of nitrogens with one attached hydrogen (secondary N) is 1. The van der Waals surface area contributed by atoms with E-state index < -0.39 is 12.1 Å². The molecule has 0 radical (unpaired) electrons. The Hall–Kier alpha value is -3.02. The number of hydrogen-bond donors (Lipinski definition) is 1. The van der Waals surface area contributed by atoms with Gasteiger partial charge in [0.25, 0.3) is 0 Å². The number of pyridine rings is 1. The third-order valence-corrected chi connectivity index (χ3v) is 7.05. The normalized spacial score (nSPS) is 17.1. The van der Waals surface area contributed by atoms with E-state index in [1.165, 1.54) is 6.92 Å². The van der Waals surface area contributed by atoms with Crippen LogP contribution in [0.4, 0.5) is 0 Å². The maximum atomic E-state index is 13.7. The largest absolute Gasteiger partial charge is 0.347 e. The number of aryl methyl sites for hydroxylation is 2. The van der Waals surface area contributed by atoms with Crippen LogP contribution in [-0.2, 0) is 14.4 Å². The number of nitrogens with zero attached hydrogens (tertiary/aromatic N) is 2. The van der Waals surface area contributed by atoms with Gasteiger partial charge in [0.1, 0.15) is 11.8 Å². The molecule has 6 nitrogen and oxygen atoms in total. The number of benzene rings is 1. The molecule has 1 aliphatic heterocycles. The molecule has 1 N–H and O–H groups in total. The minimum absolute atomic E-state index is 0.0200. The van der Waals surface area contributed by atoms with Crippen LogP contribution < -0.4 is 5.32 Å². The van der Waals surface area contributed by atoms with E-state index in [4.69, 9.17) is 0 Å². The van der Waals surface area contributed by atoms with Crippen LogP contribution in [0.25, 0.3) is 11.1 Å². The number of piperidine rings is 1. The lowest BCUT2D eigenvalue weighted by molar-refractivity contribution is -0.146. The van der Waals surface area contributed by atoms with Crippen molar-refractivity contribution in [3.05, 3.63) is 53.3 Å². The highest BCUT2D eigenvalue weighted by atomic mass is 16.2. The lowest BCUT2D eigenvalue weighted by atomic mass is 9.82. The molecule has 1 aromatic carbocycles. The van der Waals surface area contributed by atoms with Crippen molar-refractivity contribution in [2.24, 2.45) is 11.3 Å². The van der Waals surface area contributed by atoms with Gasteiger partial charge in [0.2, 0.25) is 11.8 Å². The fourth-order valence-electron chi connectivity index (χ4n) is 5.19. The van der Waals surface area contributed by atoms with Gasteiger partial charge in [-0.2, -0.15) is 0 Å². The van der Waals surface area contributed by atoms with Gasteiger partial charge in [-0.15, -0.1) is 0 Å². The molecule has 1 aliphatic rings. The summed E-state index contributed by atoms with van der Waals surface area (Å²) >= 11 is 0. The zero-order chi connectivity index (χ0) is 26.6. The second kappa shape index (κ2) is 11.4. The zero-order valence-corrected chi connectivity index (χ0v) is 22.9. The van der Waals surface area contributed by atoms with Crippen LogP contribution in [0.15, 0.2) is 36.7 Å². The summed E-state index contributed by atoms with van der Waals surface area (Å²) in [4.78, 5) is 45.1. The number of likely N-dealkylation sites (tertiary alicyclic amines) is 1. The first-order valence-corrected chi connectivity index (χ1v) is 13.0. The predicted molar refractivity (Wildman–Crippen MR) is 143 cm³/mol. The molecule has 2 atom stereocenters. The third kappa shape index (κ3) is 6.80. The maximum absolute atomic E-state index is 13.7. The molecule has 0 aliphatic carbocycles. The van der Waals surface area contributed by atoms with E-state index >= 15 is 0 Å². The van der Waals surface area contributed by atoms with Crippen LogP contribution in [-0.4, -0.2) is 40.1 Å². The molecule has 2 heterocycles. The molecule has 1 saturated heterocycles. The van der Waals surface area contributed by atoms with E-state index in [-0.39, 0.29) is 35.4 Å². The van der Waals surface area contributed by atoms with Gasteiger partial charge in [-0.1, -0.05) is 45.9 Å². The summed E-state index contributed by atoms with van der Waals surface area (Å²) in [5.41, 5.74) is 5.10. The van der Waals surface area contributed by atoms with Crippen molar-refractivity contribution in [1.29, 1.82) is 0 Å². The topological polar surface area (TPSA) is 79.4 Å². The Labute approximate surface area is 215 Å². The van der Waals surface area contributed by atoms with Crippen molar-refractivity contribution in [1.82, 2.24) is 15.2 Å². The van der Waals surface area contributed by atoms with Crippen LogP contribution in [0.1, 0.15) is 83.0 Å². The van der Waals surface area contributed by atoms with Crippen molar-refractivity contribution in [2.45, 2.75) is 86.2 Å². The highest BCUT2D eigenvalue weighted by Crippen LogP contribution is 2.33. The van der Waals surface area contributed by atoms with E-state index in [0.717, 1.165) is 34.2 Å². The smallest absolute Gasteiger partial charge is 0.243 e. The molecule has 0 saturated carbocycles. The highest BCUT2D eigenvalue weighted by molar-refractivity contribution is 5.89. The number of carbonyl (C=O) groups excluding carboxylic acids is 3. The highest BCUT2D eigenvalue weighted by Gasteiger charge is 2.38. The summed E-state index contributed by atoms with van der Waals surface area (Å²) in [5.74, 6) is 0.0302. The van der Waals surface area contributed by atoms with Gasteiger partial charge in [0.05, 0.1) is 6.04 Å². The molecule has 1 aromatic heterocycles. The summed E-state index contributed by atoms with van der Waals surface area (Å²) in [6.45, 7) is 14.6. The Morgan fingerprint density at radius 3 is 2.42 bits per heavy atom. The van der Waals surface area contributed by atoms with Gasteiger partial charge in [0, 0.05) is 37.3 Å². The van der Waals surface area contributed by atoms with Crippen LogP contribution in [0, 0.1) is 25.2 Å². The molecule has 36 heavy (non-hydrogen) atoms. The number of Topliss-reactive ketones (excluding diaryl/α,β-unsaturated/α-hetero) is 1. The second-order valence-corrected chi connectivity index (χ2v) is 11.6. The number of ketones is 1. The van der Waals surface area contributed by atoms with E-state index in [2.05, 4.69) is 64.0 Å². The Morgan fingerprint density at radius 2 is 1.81 bits per heavy atom. The summed E-state index contributed by atoms with van der Waals surface area (Å²) in [6.07, 6.45) is 5.55. The van der Waals surface area contributed by atoms with Gasteiger partial charge >= 0.3 is 0 Å². The molecule has 0 unspecified atom stereocenters. The number of hydrogen-bond acceptors (Lipinski definition) is 4. The fourth-order valence-corrected chi connectivity index (χ4v) is 5.19. The Bertz CT molecular complexity index is 1100. The van der Waals surface area contributed by atoms with Crippen molar-refractivity contribution < 1.29 is 14.4 Å². The molecule has 1 fully saturated rings. The number of aromatic nitrogens is 1. The summed E-state index contributed by atoms with van der Waals surface area (Å²) in [7, 11) is 0. The van der Waals surface area contributed by atoms with Crippen molar-refractivity contribution in [3.8, 4) is 11.1 Å². The first kappa shape index (κ1) is 27.6. The first-order valence-electron chi connectivity index (χ1n) is 13.0. The van der Waals surface area contributed by atoms with Gasteiger partial charge in [-0.05, 0) is 73.3 Å². The van der Waals surface area contributed by atoms with Gasteiger partial charge in [-0.25, -0.2) is 0 Å². The first-order chi connectivity index (χ1) is 16.9. The molecule has 2 aromatic rings. The zero-order valence-electron chi connectivity index (χ0n) is 22.9. The molecule has 6 heteroatoms. The Kier molecular flexibility index (Phi) is 8.70. The number of rotatable bonds is 9. The van der Waals surface area contributed by atoms with Crippen LogP contribution in [0.2, 0.25) is 0 Å². The molecular weight excluding hydrogens is 450 g/mol. The molecular formula is C30H41N3O3. The maximum Gasteiger partial charge on any atom is 0.243 e. The Morgan fingerprint density at radius 1 is 1.14 bits per heavy atom. The van der Waals surface area contributed by atoms with Crippen LogP contribution in [0.3, 0.4) is 0 Å². The van der Waals surface area contributed by atoms with Crippen LogP contribution in [0.5, 0.6) is 0 Å². The summed E-state index contributed by atoms with van der Waals surface area (Å²) < 4.78 is 0. The quantitative estimate of drug-likeness (QED) is 0.498. The number of amides is 2. The lowest BCUT2D eigenvalue weighted by Crippen LogP contribution is -2.55. The third-order valence-electron chi connectivity index (χ3n) is 7.05. The SMILES string of the molecule is CC(=O)C[C@H](NC(=O)[C@H](CC(C)C)N1CC(C)(C)CCC1=O)c1cncc(-c2c(C)cccc2C)c1. The fraction of sp³-hybridized carbons (Fsp3) is 0.533. The standard InChI is InChI=1S/C30H41N3O3/c1-19(2)13-26(33-18-30(6,7)12-11-27(33)35)29(36)32-25(14-22(5)34)23-15-24(17-31-16-23)28-20(3)9-8-10-21(28)4/h8-10,15-17,19,25-26H,11-14,18H2,1-7H3,(H,32,36)/t25-,26-/m0/s1. The summed E-state index contributed by atoms with van der Waals surface area (Å²) in [5, 5.41) is 3.13. The average Bonchev–Trinajstić information content (AvgIpc) is 2.78. The van der Waals surface area contributed by atoms with Crippen molar-refractivity contribution in [3.63, 3.8) is 0 Å². The molecule has 0 spiro atoms. The van der Waals surface area contributed by atoms with Gasteiger partial charge < -0.3 is 10.2 Å². The van der Waals surface area contributed by atoms with Crippen LogP contribution >= 0.6 is 0 Å². The summed E-state index contributed by atoms with van der Waals surface area (Å²) in [6, 6.07) is 7.09. The minimum atomic E-state index is -0.568. The van der Waals surface area contributed by atoms with E-state index in [0.29, 0.717) is 19.4 Å². The van der Waals surface area contributed by atoms with E-state index in [9.17, 15) is 14.4 Å². The molecule has 0 bridgehead atoms. The average molecular weight is 492 g/mol. The van der Waals surface area contributed by atoms with Crippen molar-refractivity contribution in [2.75, 3.05) is 6.54 Å². The monoisotopic (exact) mass is 491 g/mol. The van der Waals surface area contributed by atoms with Gasteiger partial charge in [-0.3, -0.25) is 19.4 Å². The van der Waals surface area contributed by atoms with E-state index in [1.54, 1.807) is 11.1 Å². The lowest BCUT2D eigenvalue weighted by Gasteiger charge is -2.42. The van der Waals surface area contributed by atoms with Gasteiger partial charge in [0.15, 0.2) is 0 Å². The molecule has 2 amide bonds. The Balaban J connectivity index is 1.94. The predicted octanol–water partition coefficient (Wildman–Crippen LogP) is 5.57. The molecule has 3 rings (SSSR count). The van der Waals surface area contributed by atoms with Crippen molar-refractivity contribution >= 4 is 17.6 Å². The second-order valence-electron chi connectivity index (χ2n) is 11.6.